The Kier molecular flexibility index (Phi) is 4.35. The number of hydrazine groups is 1. The summed E-state index contributed by atoms with van der Waals surface area (Å²) in [5.41, 5.74) is 10.5. The van der Waals surface area contributed by atoms with E-state index in [2.05, 4.69) is 31.2 Å². The Morgan fingerprint density at radius 1 is 1.17 bits per heavy atom. The molecule has 0 aromatic rings. The third-order valence-corrected chi connectivity index (χ3v) is 4.60. The first-order valence-corrected chi connectivity index (χ1v) is 7.68. The highest BCUT2D eigenvalue weighted by atomic mass is 15.5. The van der Waals surface area contributed by atoms with Crippen LogP contribution in [0.2, 0.25) is 0 Å². The predicted molar refractivity (Wildman–Crippen MR) is 77.1 cm³/mol. The minimum Gasteiger partial charge on any atom is -0.329 e. The summed E-state index contributed by atoms with van der Waals surface area (Å²) in [4.78, 5) is 0. The van der Waals surface area contributed by atoms with Crippen molar-refractivity contribution in [2.45, 2.75) is 64.8 Å². The minimum absolute atomic E-state index is 0.137. The summed E-state index contributed by atoms with van der Waals surface area (Å²) in [6.07, 6.45) is 7.80. The SMILES string of the molecule is CC1CC(C)(C)CC(CN)(NN2CCCCC2)C1. The highest BCUT2D eigenvalue weighted by molar-refractivity contribution is 4.99. The van der Waals surface area contributed by atoms with Gasteiger partial charge >= 0.3 is 0 Å². The molecule has 2 aliphatic rings. The number of nitrogens with two attached hydrogens (primary N) is 1. The van der Waals surface area contributed by atoms with Crippen molar-refractivity contribution < 1.29 is 0 Å². The summed E-state index contributed by atoms with van der Waals surface area (Å²) in [7, 11) is 0. The van der Waals surface area contributed by atoms with Gasteiger partial charge in [0.1, 0.15) is 0 Å². The number of nitrogens with one attached hydrogen (secondary N) is 1. The quantitative estimate of drug-likeness (QED) is 0.812. The molecule has 106 valence electrons. The summed E-state index contributed by atoms with van der Waals surface area (Å²) in [5, 5.41) is 2.44. The molecule has 0 amide bonds. The Bertz CT molecular complexity index is 271. The molecule has 2 rings (SSSR count). The van der Waals surface area contributed by atoms with Gasteiger partial charge in [0.05, 0.1) is 0 Å². The fourth-order valence-corrected chi connectivity index (χ4v) is 4.37. The first-order chi connectivity index (χ1) is 8.45. The van der Waals surface area contributed by atoms with E-state index >= 15 is 0 Å². The average Bonchev–Trinajstić information content (AvgIpc) is 2.27. The molecular weight excluding hydrogens is 222 g/mol. The first kappa shape index (κ1) is 14.3. The van der Waals surface area contributed by atoms with Crippen molar-refractivity contribution in [3.8, 4) is 0 Å². The van der Waals surface area contributed by atoms with Gasteiger partial charge in [0.25, 0.3) is 0 Å². The van der Waals surface area contributed by atoms with Crippen LogP contribution in [0.25, 0.3) is 0 Å². The van der Waals surface area contributed by atoms with Crippen molar-refractivity contribution in [2.24, 2.45) is 17.1 Å². The number of hydrogen-bond acceptors (Lipinski definition) is 3. The molecule has 3 heteroatoms. The van der Waals surface area contributed by atoms with Crippen LogP contribution in [0.1, 0.15) is 59.3 Å². The molecule has 0 aromatic carbocycles. The molecule has 1 saturated heterocycles. The molecular formula is C15H31N3. The third kappa shape index (κ3) is 3.46. The van der Waals surface area contributed by atoms with Crippen LogP contribution in [0.4, 0.5) is 0 Å². The molecule has 1 aliphatic carbocycles. The maximum absolute atomic E-state index is 6.15. The molecule has 1 heterocycles. The van der Waals surface area contributed by atoms with Crippen molar-refractivity contribution in [3.05, 3.63) is 0 Å². The van der Waals surface area contributed by atoms with Gasteiger partial charge in [-0.2, -0.15) is 0 Å². The van der Waals surface area contributed by atoms with Gasteiger partial charge in [0, 0.05) is 25.2 Å². The van der Waals surface area contributed by atoms with Crippen LogP contribution in [0.5, 0.6) is 0 Å². The minimum atomic E-state index is 0.137. The molecule has 2 unspecified atom stereocenters. The highest BCUT2D eigenvalue weighted by Gasteiger charge is 2.42. The second kappa shape index (κ2) is 5.48. The van der Waals surface area contributed by atoms with Crippen LogP contribution in [0.3, 0.4) is 0 Å². The monoisotopic (exact) mass is 253 g/mol. The summed E-state index contributed by atoms with van der Waals surface area (Å²) in [6.45, 7) is 10.3. The maximum Gasteiger partial charge on any atom is 0.0455 e. The lowest BCUT2D eigenvalue weighted by Crippen LogP contribution is -2.63. The second-order valence-electron chi connectivity index (χ2n) is 7.50. The normalized spacial score (nSPS) is 37.7. The largest absolute Gasteiger partial charge is 0.329 e. The van der Waals surface area contributed by atoms with E-state index < -0.39 is 0 Å². The first-order valence-electron chi connectivity index (χ1n) is 7.68. The van der Waals surface area contributed by atoms with E-state index in [1.54, 1.807) is 0 Å². The fourth-order valence-electron chi connectivity index (χ4n) is 4.37. The molecule has 2 atom stereocenters. The van der Waals surface area contributed by atoms with Crippen molar-refractivity contribution in [3.63, 3.8) is 0 Å². The summed E-state index contributed by atoms with van der Waals surface area (Å²) in [6, 6.07) is 0. The summed E-state index contributed by atoms with van der Waals surface area (Å²) in [5.74, 6) is 0.773. The topological polar surface area (TPSA) is 41.3 Å². The smallest absolute Gasteiger partial charge is 0.0455 e. The lowest BCUT2D eigenvalue weighted by Gasteiger charge is -2.50. The van der Waals surface area contributed by atoms with Crippen LogP contribution in [-0.2, 0) is 0 Å². The maximum atomic E-state index is 6.15. The average molecular weight is 253 g/mol. The van der Waals surface area contributed by atoms with Crippen LogP contribution >= 0.6 is 0 Å². The summed E-state index contributed by atoms with van der Waals surface area (Å²) >= 11 is 0. The Hall–Kier alpha value is -0.120. The molecule has 3 N–H and O–H groups in total. The van der Waals surface area contributed by atoms with Gasteiger partial charge < -0.3 is 5.73 Å². The van der Waals surface area contributed by atoms with Crippen molar-refractivity contribution >= 4 is 0 Å². The van der Waals surface area contributed by atoms with Gasteiger partial charge in [-0.05, 0) is 43.4 Å². The molecule has 2 fully saturated rings. The Morgan fingerprint density at radius 3 is 2.39 bits per heavy atom. The molecule has 0 bridgehead atoms. The van der Waals surface area contributed by atoms with Gasteiger partial charge in [-0.15, -0.1) is 0 Å². The number of hydrogen-bond donors (Lipinski definition) is 2. The summed E-state index contributed by atoms with van der Waals surface area (Å²) < 4.78 is 0. The second-order valence-corrected chi connectivity index (χ2v) is 7.50. The van der Waals surface area contributed by atoms with Crippen molar-refractivity contribution in [1.29, 1.82) is 0 Å². The van der Waals surface area contributed by atoms with Crippen molar-refractivity contribution in [2.75, 3.05) is 19.6 Å². The van der Waals surface area contributed by atoms with E-state index in [9.17, 15) is 0 Å². The van der Waals surface area contributed by atoms with Gasteiger partial charge in [-0.3, -0.25) is 0 Å². The Morgan fingerprint density at radius 2 is 1.83 bits per heavy atom. The van der Waals surface area contributed by atoms with E-state index in [4.69, 9.17) is 5.73 Å². The standard InChI is InChI=1S/C15H31N3/c1-13-9-14(2,3)11-15(10-13,12-16)17-18-7-5-4-6-8-18/h13,17H,4-12,16H2,1-3H3. The molecule has 0 radical (unpaired) electrons. The van der Waals surface area contributed by atoms with E-state index in [1.807, 2.05) is 0 Å². The lowest BCUT2D eigenvalue weighted by atomic mass is 9.64. The van der Waals surface area contributed by atoms with Gasteiger partial charge in [-0.1, -0.05) is 27.2 Å². The van der Waals surface area contributed by atoms with E-state index in [-0.39, 0.29) is 5.54 Å². The third-order valence-electron chi connectivity index (χ3n) is 4.60. The molecule has 1 aliphatic heterocycles. The number of nitrogens with zero attached hydrogens (tertiary/aromatic N) is 1. The van der Waals surface area contributed by atoms with Gasteiger partial charge in [-0.25, -0.2) is 10.4 Å². The van der Waals surface area contributed by atoms with E-state index in [1.165, 1.54) is 51.6 Å². The fraction of sp³-hybridized carbons (Fsp3) is 1.00. The van der Waals surface area contributed by atoms with Crippen LogP contribution in [-0.4, -0.2) is 30.2 Å². The van der Waals surface area contributed by atoms with E-state index in [0.29, 0.717) is 5.41 Å². The van der Waals surface area contributed by atoms with Crippen molar-refractivity contribution in [1.82, 2.24) is 10.4 Å². The molecule has 3 nitrogen and oxygen atoms in total. The Balaban J connectivity index is 2.04. The lowest BCUT2D eigenvalue weighted by molar-refractivity contribution is 0.00949. The van der Waals surface area contributed by atoms with Gasteiger partial charge in [0.15, 0.2) is 0 Å². The van der Waals surface area contributed by atoms with Gasteiger partial charge in [0.2, 0.25) is 0 Å². The number of rotatable bonds is 3. The van der Waals surface area contributed by atoms with Crippen LogP contribution in [0.15, 0.2) is 0 Å². The van der Waals surface area contributed by atoms with Crippen LogP contribution < -0.4 is 11.2 Å². The number of piperidine rings is 1. The molecule has 18 heavy (non-hydrogen) atoms. The van der Waals surface area contributed by atoms with Crippen LogP contribution in [0, 0.1) is 11.3 Å². The zero-order valence-electron chi connectivity index (χ0n) is 12.5. The predicted octanol–water partition coefficient (Wildman–Crippen LogP) is 2.52. The highest BCUT2D eigenvalue weighted by Crippen LogP contribution is 2.43. The van der Waals surface area contributed by atoms with E-state index in [0.717, 1.165) is 12.5 Å². The molecule has 0 aromatic heterocycles. The zero-order chi connectivity index (χ0) is 13.2. The Labute approximate surface area is 112 Å². The molecule has 0 spiro atoms. The molecule has 1 saturated carbocycles. The zero-order valence-corrected chi connectivity index (χ0v) is 12.5.